The third kappa shape index (κ3) is 3.33. The van der Waals surface area contributed by atoms with E-state index in [0.717, 1.165) is 6.42 Å². The van der Waals surface area contributed by atoms with Gasteiger partial charge in [0.25, 0.3) is 11.6 Å². The van der Waals surface area contributed by atoms with Crippen molar-refractivity contribution >= 4 is 11.6 Å². The van der Waals surface area contributed by atoms with Gasteiger partial charge in [0, 0.05) is 6.61 Å². The van der Waals surface area contributed by atoms with Gasteiger partial charge in [-0.3, -0.25) is 14.9 Å². The molecule has 1 saturated heterocycles. The summed E-state index contributed by atoms with van der Waals surface area (Å²) in [4.78, 5) is 22.1. The standard InChI is InChI=1S/C13H14F2N2O4/c1-13(3-2-4-21-7-13)16-12(18)8-5-9(14)10(15)6-11(8)17(19)20/h5-6H,2-4,7H2,1H3,(H,16,18). The first kappa shape index (κ1) is 15.3. The number of benzene rings is 1. The van der Waals surface area contributed by atoms with Crippen molar-refractivity contribution in [3.05, 3.63) is 39.4 Å². The van der Waals surface area contributed by atoms with Gasteiger partial charge < -0.3 is 10.1 Å². The number of carbonyl (C=O) groups is 1. The number of nitro benzene ring substituents is 1. The van der Waals surface area contributed by atoms with Crippen molar-refractivity contribution in [2.45, 2.75) is 25.3 Å². The lowest BCUT2D eigenvalue weighted by atomic mass is 9.94. The number of carbonyl (C=O) groups excluding carboxylic acids is 1. The maximum atomic E-state index is 13.3. The van der Waals surface area contributed by atoms with Crippen molar-refractivity contribution in [2.24, 2.45) is 0 Å². The summed E-state index contributed by atoms with van der Waals surface area (Å²) in [7, 11) is 0. The Hall–Kier alpha value is -2.09. The molecule has 6 nitrogen and oxygen atoms in total. The van der Waals surface area contributed by atoms with Crippen molar-refractivity contribution in [1.82, 2.24) is 5.32 Å². The lowest BCUT2D eigenvalue weighted by Crippen LogP contribution is -2.51. The number of nitrogens with one attached hydrogen (secondary N) is 1. The van der Waals surface area contributed by atoms with Crippen LogP contribution in [0.4, 0.5) is 14.5 Å². The quantitative estimate of drug-likeness (QED) is 0.685. The molecule has 1 atom stereocenters. The second kappa shape index (κ2) is 5.72. The molecule has 1 fully saturated rings. The van der Waals surface area contributed by atoms with Crippen LogP contribution >= 0.6 is 0 Å². The molecule has 1 aromatic rings. The Morgan fingerprint density at radius 1 is 1.43 bits per heavy atom. The lowest BCUT2D eigenvalue weighted by Gasteiger charge is -2.34. The molecule has 8 heteroatoms. The number of hydrogen-bond acceptors (Lipinski definition) is 4. The molecule has 21 heavy (non-hydrogen) atoms. The van der Waals surface area contributed by atoms with Crippen LogP contribution in [0.2, 0.25) is 0 Å². The minimum Gasteiger partial charge on any atom is -0.379 e. The molecule has 0 radical (unpaired) electrons. The molecule has 1 aliphatic heterocycles. The SMILES string of the molecule is CC1(NC(=O)c2cc(F)c(F)cc2[N+](=O)[O-])CCCOC1. The number of nitro groups is 1. The summed E-state index contributed by atoms with van der Waals surface area (Å²) in [5.41, 5.74) is -1.97. The molecule has 0 bridgehead atoms. The summed E-state index contributed by atoms with van der Waals surface area (Å²) in [6.45, 7) is 2.57. The molecule has 1 N–H and O–H groups in total. The van der Waals surface area contributed by atoms with Crippen LogP contribution in [-0.2, 0) is 4.74 Å². The topological polar surface area (TPSA) is 81.5 Å². The zero-order valence-electron chi connectivity index (χ0n) is 11.3. The van der Waals surface area contributed by atoms with E-state index in [1.54, 1.807) is 6.92 Å². The first-order valence-corrected chi connectivity index (χ1v) is 6.36. The molecule has 1 amide bonds. The first-order chi connectivity index (χ1) is 9.82. The van der Waals surface area contributed by atoms with Crippen molar-refractivity contribution < 1.29 is 23.2 Å². The average molecular weight is 300 g/mol. The number of halogens is 2. The molecule has 0 aromatic heterocycles. The summed E-state index contributed by atoms with van der Waals surface area (Å²) in [5.74, 6) is -3.50. The van der Waals surface area contributed by atoms with E-state index >= 15 is 0 Å². The zero-order chi connectivity index (χ0) is 15.6. The highest BCUT2D eigenvalue weighted by Crippen LogP contribution is 2.24. The van der Waals surface area contributed by atoms with Crippen LogP contribution in [0.25, 0.3) is 0 Å². The van der Waals surface area contributed by atoms with Gasteiger partial charge in [-0.15, -0.1) is 0 Å². The molecular weight excluding hydrogens is 286 g/mol. The van der Waals surface area contributed by atoms with E-state index in [4.69, 9.17) is 4.74 Å². The van der Waals surface area contributed by atoms with Crippen molar-refractivity contribution in [1.29, 1.82) is 0 Å². The van der Waals surface area contributed by atoms with Gasteiger partial charge in [0.2, 0.25) is 0 Å². The third-order valence-corrected chi connectivity index (χ3v) is 3.33. The molecule has 1 aromatic carbocycles. The van der Waals surface area contributed by atoms with Crippen molar-refractivity contribution in [2.75, 3.05) is 13.2 Å². The summed E-state index contributed by atoms with van der Waals surface area (Å²) in [5, 5.41) is 13.5. The zero-order valence-corrected chi connectivity index (χ0v) is 11.3. The summed E-state index contributed by atoms with van der Waals surface area (Å²) in [6.07, 6.45) is 1.37. The minimum atomic E-state index is -1.37. The number of hydrogen-bond donors (Lipinski definition) is 1. The van der Waals surface area contributed by atoms with E-state index in [9.17, 15) is 23.7 Å². The van der Waals surface area contributed by atoms with E-state index < -0.39 is 39.3 Å². The van der Waals surface area contributed by atoms with Gasteiger partial charge in [-0.2, -0.15) is 0 Å². The maximum absolute atomic E-state index is 13.3. The van der Waals surface area contributed by atoms with Gasteiger partial charge in [0.15, 0.2) is 11.6 Å². The number of amides is 1. The highest BCUT2D eigenvalue weighted by Gasteiger charge is 2.32. The molecule has 1 aliphatic rings. The predicted octanol–water partition coefficient (Wildman–Crippen LogP) is 2.17. The number of nitrogens with zero attached hydrogens (tertiary/aromatic N) is 1. The Kier molecular flexibility index (Phi) is 4.17. The van der Waals surface area contributed by atoms with Gasteiger partial charge in [-0.1, -0.05) is 0 Å². The Labute approximate surface area is 119 Å². The van der Waals surface area contributed by atoms with Crippen LogP contribution in [0.1, 0.15) is 30.1 Å². The molecule has 0 aliphatic carbocycles. The maximum Gasteiger partial charge on any atom is 0.285 e. The highest BCUT2D eigenvalue weighted by molar-refractivity contribution is 5.98. The average Bonchev–Trinajstić information content (AvgIpc) is 2.41. The summed E-state index contributed by atoms with van der Waals surface area (Å²) >= 11 is 0. The van der Waals surface area contributed by atoms with Crippen molar-refractivity contribution in [3.8, 4) is 0 Å². The summed E-state index contributed by atoms with van der Waals surface area (Å²) < 4.78 is 31.6. The molecular formula is C13H14F2N2O4. The minimum absolute atomic E-state index is 0.260. The fraction of sp³-hybridized carbons (Fsp3) is 0.462. The second-order valence-electron chi connectivity index (χ2n) is 5.21. The number of ether oxygens (including phenoxy) is 1. The summed E-state index contributed by atoms with van der Waals surface area (Å²) in [6, 6.07) is 0.944. The highest BCUT2D eigenvalue weighted by atomic mass is 19.2. The Morgan fingerprint density at radius 2 is 2.10 bits per heavy atom. The van der Waals surface area contributed by atoms with Crippen molar-refractivity contribution in [3.63, 3.8) is 0 Å². The predicted molar refractivity (Wildman–Crippen MR) is 68.9 cm³/mol. The Balaban J connectivity index is 2.30. The Morgan fingerprint density at radius 3 is 2.67 bits per heavy atom. The first-order valence-electron chi connectivity index (χ1n) is 6.36. The van der Waals surface area contributed by atoms with Gasteiger partial charge in [-0.25, -0.2) is 8.78 Å². The largest absolute Gasteiger partial charge is 0.379 e. The van der Waals surface area contributed by atoms with E-state index in [0.29, 0.717) is 25.2 Å². The fourth-order valence-corrected chi connectivity index (χ4v) is 2.24. The van der Waals surface area contributed by atoms with Gasteiger partial charge in [-0.05, 0) is 25.8 Å². The van der Waals surface area contributed by atoms with Gasteiger partial charge >= 0.3 is 0 Å². The molecule has 1 heterocycles. The van der Waals surface area contributed by atoms with Crippen LogP contribution in [0.15, 0.2) is 12.1 Å². The lowest BCUT2D eigenvalue weighted by molar-refractivity contribution is -0.385. The van der Waals surface area contributed by atoms with Crippen LogP contribution in [0.5, 0.6) is 0 Å². The van der Waals surface area contributed by atoms with E-state index in [1.165, 1.54) is 0 Å². The smallest absolute Gasteiger partial charge is 0.285 e. The van der Waals surface area contributed by atoms with Crippen LogP contribution < -0.4 is 5.32 Å². The molecule has 1 unspecified atom stereocenters. The second-order valence-corrected chi connectivity index (χ2v) is 5.21. The fourth-order valence-electron chi connectivity index (χ4n) is 2.24. The molecule has 2 rings (SSSR count). The molecule has 114 valence electrons. The molecule has 0 spiro atoms. The van der Waals surface area contributed by atoms with E-state index in [1.807, 2.05) is 0 Å². The van der Waals surface area contributed by atoms with E-state index in [2.05, 4.69) is 5.32 Å². The van der Waals surface area contributed by atoms with E-state index in [-0.39, 0.29) is 6.61 Å². The number of rotatable bonds is 3. The van der Waals surface area contributed by atoms with Crippen LogP contribution in [-0.4, -0.2) is 29.6 Å². The monoisotopic (exact) mass is 300 g/mol. The molecule has 0 saturated carbocycles. The Bertz CT molecular complexity index is 586. The van der Waals surface area contributed by atoms with Gasteiger partial charge in [0.1, 0.15) is 5.56 Å². The normalized spacial score (nSPS) is 21.9. The van der Waals surface area contributed by atoms with Crippen LogP contribution in [0.3, 0.4) is 0 Å². The van der Waals surface area contributed by atoms with Crippen LogP contribution in [0, 0.1) is 21.7 Å². The van der Waals surface area contributed by atoms with Gasteiger partial charge in [0.05, 0.1) is 23.1 Å². The third-order valence-electron chi connectivity index (χ3n) is 3.33.